The molecule has 0 aliphatic heterocycles. The molecule has 0 aliphatic carbocycles. The molecule has 24 heavy (non-hydrogen) atoms. The molecule has 0 saturated carbocycles. The fourth-order valence-corrected chi connectivity index (χ4v) is 2.29. The molecule has 0 radical (unpaired) electrons. The highest BCUT2D eigenvalue weighted by molar-refractivity contribution is 6.30. The van der Waals surface area contributed by atoms with Gasteiger partial charge >= 0.3 is 0 Å². The van der Waals surface area contributed by atoms with Crippen LogP contribution in [-0.2, 0) is 16.1 Å². The Bertz CT molecular complexity index is 606. The lowest BCUT2D eigenvalue weighted by molar-refractivity contribution is -0.118. The van der Waals surface area contributed by atoms with Crippen molar-refractivity contribution in [3.8, 4) is 0 Å². The average Bonchev–Trinajstić information content (AvgIpc) is 2.59. The van der Waals surface area contributed by atoms with Gasteiger partial charge in [0, 0.05) is 24.4 Å². The lowest BCUT2D eigenvalue weighted by atomic mass is 10.2. The minimum absolute atomic E-state index is 0. The number of hydrogen-bond donors (Lipinski definition) is 1. The molecule has 1 N–H and O–H groups in total. The standard InChI is InChI=1S/C18H21ClN2O2.ClH/c1-23-12-11-20-13-18(22)21(17-5-3-2-4-6-17)14-15-7-9-16(19)10-8-15;/h2-10,20H,11-14H2,1H3;1H. The monoisotopic (exact) mass is 368 g/mol. The average molecular weight is 369 g/mol. The molecule has 6 heteroatoms. The number of benzene rings is 2. The van der Waals surface area contributed by atoms with Gasteiger partial charge in [-0.1, -0.05) is 41.9 Å². The zero-order valence-corrected chi connectivity index (χ0v) is 15.1. The maximum atomic E-state index is 12.6. The molecule has 2 aromatic rings. The van der Waals surface area contributed by atoms with Gasteiger partial charge in [-0.2, -0.15) is 0 Å². The smallest absolute Gasteiger partial charge is 0.241 e. The van der Waals surface area contributed by atoms with Gasteiger partial charge in [0.15, 0.2) is 0 Å². The van der Waals surface area contributed by atoms with Gasteiger partial charge in [0.2, 0.25) is 5.91 Å². The second-order valence-corrected chi connectivity index (χ2v) is 5.55. The van der Waals surface area contributed by atoms with Crippen LogP contribution in [0.4, 0.5) is 5.69 Å². The van der Waals surface area contributed by atoms with Gasteiger partial charge < -0.3 is 15.0 Å². The van der Waals surface area contributed by atoms with E-state index in [1.807, 2.05) is 54.6 Å². The summed E-state index contributed by atoms with van der Waals surface area (Å²) in [5, 5.41) is 3.78. The number of rotatable bonds is 8. The first-order valence-electron chi connectivity index (χ1n) is 7.50. The van der Waals surface area contributed by atoms with E-state index in [0.29, 0.717) is 24.7 Å². The van der Waals surface area contributed by atoms with Crippen molar-refractivity contribution in [3.63, 3.8) is 0 Å². The Morgan fingerprint density at radius 3 is 2.42 bits per heavy atom. The van der Waals surface area contributed by atoms with Gasteiger partial charge in [0.1, 0.15) is 0 Å². The second kappa shape index (κ2) is 11.0. The first-order chi connectivity index (χ1) is 11.2. The van der Waals surface area contributed by atoms with E-state index in [9.17, 15) is 4.79 Å². The molecule has 0 fully saturated rings. The van der Waals surface area contributed by atoms with Crippen LogP contribution in [0.5, 0.6) is 0 Å². The minimum Gasteiger partial charge on any atom is -0.383 e. The number of para-hydroxylation sites is 1. The van der Waals surface area contributed by atoms with Crippen molar-refractivity contribution in [2.24, 2.45) is 0 Å². The maximum absolute atomic E-state index is 12.6. The van der Waals surface area contributed by atoms with E-state index in [0.717, 1.165) is 11.3 Å². The Hall–Kier alpha value is -1.59. The first kappa shape index (κ1) is 20.5. The van der Waals surface area contributed by atoms with Crippen LogP contribution >= 0.6 is 24.0 Å². The predicted octanol–water partition coefficient (Wildman–Crippen LogP) is 3.53. The number of amides is 1. The molecule has 0 spiro atoms. The third-order valence-electron chi connectivity index (χ3n) is 3.38. The van der Waals surface area contributed by atoms with E-state index in [1.54, 1.807) is 12.0 Å². The van der Waals surface area contributed by atoms with Crippen LogP contribution in [0.25, 0.3) is 0 Å². The lowest BCUT2D eigenvalue weighted by Gasteiger charge is -2.23. The predicted molar refractivity (Wildman–Crippen MR) is 101 cm³/mol. The van der Waals surface area contributed by atoms with E-state index in [2.05, 4.69) is 5.32 Å². The van der Waals surface area contributed by atoms with E-state index in [1.165, 1.54) is 0 Å². The van der Waals surface area contributed by atoms with Gasteiger partial charge in [-0.05, 0) is 29.8 Å². The highest BCUT2D eigenvalue weighted by Gasteiger charge is 2.15. The Balaban J connectivity index is 0.00000288. The van der Waals surface area contributed by atoms with Crippen LogP contribution < -0.4 is 10.2 Å². The van der Waals surface area contributed by atoms with Crippen molar-refractivity contribution in [3.05, 3.63) is 65.2 Å². The summed E-state index contributed by atoms with van der Waals surface area (Å²) >= 11 is 5.92. The van der Waals surface area contributed by atoms with Crippen LogP contribution in [0, 0.1) is 0 Å². The fourth-order valence-electron chi connectivity index (χ4n) is 2.17. The Morgan fingerprint density at radius 1 is 1.12 bits per heavy atom. The number of ether oxygens (including phenoxy) is 1. The molecule has 0 saturated heterocycles. The number of carbonyl (C=O) groups excluding carboxylic acids is 1. The third-order valence-corrected chi connectivity index (χ3v) is 3.63. The molecule has 0 unspecified atom stereocenters. The third kappa shape index (κ3) is 6.49. The highest BCUT2D eigenvalue weighted by atomic mass is 35.5. The lowest BCUT2D eigenvalue weighted by Crippen LogP contribution is -2.38. The molecule has 2 aromatic carbocycles. The van der Waals surface area contributed by atoms with Crippen molar-refractivity contribution in [1.82, 2.24) is 5.32 Å². The van der Waals surface area contributed by atoms with E-state index in [4.69, 9.17) is 16.3 Å². The molecule has 130 valence electrons. The van der Waals surface area contributed by atoms with E-state index < -0.39 is 0 Å². The molecule has 1 amide bonds. The van der Waals surface area contributed by atoms with E-state index in [-0.39, 0.29) is 24.9 Å². The summed E-state index contributed by atoms with van der Waals surface area (Å²) in [6.45, 7) is 2.00. The largest absolute Gasteiger partial charge is 0.383 e. The molecule has 0 aliphatic rings. The molecule has 0 aromatic heterocycles. The van der Waals surface area contributed by atoms with Crippen molar-refractivity contribution in [2.75, 3.05) is 31.7 Å². The number of hydrogen-bond acceptors (Lipinski definition) is 3. The molecule has 0 heterocycles. The summed E-state index contributed by atoms with van der Waals surface area (Å²) in [6.07, 6.45) is 0. The normalized spacial score (nSPS) is 10.1. The number of nitrogens with zero attached hydrogens (tertiary/aromatic N) is 1. The van der Waals surface area contributed by atoms with Crippen LogP contribution in [0.1, 0.15) is 5.56 Å². The zero-order valence-electron chi connectivity index (χ0n) is 13.6. The minimum atomic E-state index is 0. The molecule has 2 rings (SSSR count). The van der Waals surface area contributed by atoms with Gasteiger partial charge in [0.25, 0.3) is 0 Å². The molecule has 4 nitrogen and oxygen atoms in total. The maximum Gasteiger partial charge on any atom is 0.241 e. The summed E-state index contributed by atoms with van der Waals surface area (Å²) in [7, 11) is 1.64. The summed E-state index contributed by atoms with van der Waals surface area (Å²) in [4.78, 5) is 14.3. The van der Waals surface area contributed by atoms with Crippen LogP contribution in [0.2, 0.25) is 5.02 Å². The van der Waals surface area contributed by atoms with Gasteiger partial charge in [-0.15, -0.1) is 12.4 Å². The highest BCUT2D eigenvalue weighted by Crippen LogP contribution is 2.18. The number of anilines is 1. The van der Waals surface area contributed by atoms with Crippen molar-refractivity contribution >= 4 is 35.6 Å². The Labute approximate surface area is 154 Å². The number of halogens is 2. The summed E-state index contributed by atoms with van der Waals surface area (Å²) in [6, 6.07) is 17.2. The Kier molecular flexibility index (Phi) is 9.42. The fraction of sp³-hybridized carbons (Fsp3) is 0.278. The van der Waals surface area contributed by atoms with Crippen molar-refractivity contribution in [1.29, 1.82) is 0 Å². The van der Waals surface area contributed by atoms with Gasteiger partial charge in [-0.3, -0.25) is 4.79 Å². The van der Waals surface area contributed by atoms with Crippen molar-refractivity contribution < 1.29 is 9.53 Å². The van der Waals surface area contributed by atoms with Gasteiger partial charge in [0.05, 0.1) is 19.7 Å². The van der Waals surface area contributed by atoms with Crippen LogP contribution in [0.3, 0.4) is 0 Å². The molecule has 0 atom stereocenters. The Morgan fingerprint density at radius 2 is 1.79 bits per heavy atom. The zero-order chi connectivity index (χ0) is 16.5. The quantitative estimate of drug-likeness (QED) is 0.724. The topological polar surface area (TPSA) is 41.6 Å². The molecular formula is C18H22Cl2N2O2. The first-order valence-corrected chi connectivity index (χ1v) is 7.88. The number of methoxy groups -OCH3 is 1. The van der Waals surface area contributed by atoms with Crippen LogP contribution in [0.15, 0.2) is 54.6 Å². The second-order valence-electron chi connectivity index (χ2n) is 5.11. The number of nitrogens with one attached hydrogen (secondary N) is 1. The number of carbonyl (C=O) groups is 1. The van der Waals surface area contributed by atoms with E-state index >= 15 is 0 Å². The summed E-state index contributed by atoms with van der Waals surface area (Å²) < 4.78 is 4.98. The molecular weight excluding hydrogens is 347 g/mol. The van der Waals surface area contributed by atoms with Crippen LogP contribution in [-0.4, -0.2) is 32.7 Å². The SMILES string of the molecule is COCCNCC(=O)N(Cc1ccc(Cl)cc1)c1ccccc1.Cl. The van der Waals surface area contributed by atoms with Crippen molar-refractivity contribution in [2.45, 2.75) is 6.54 Å². The van der Waals surface area contributed by atoms with Gasteiger partial charge in [-0.25, -0.2) is 0 Å². The molecule has 0 bridgehead atoms. The summed E-state index contributed by atoms with van der Waals surface area (Å²) in [5.74, 6) is 0.0160. The summed E-state index contributed by atoms with van der Waals surface area (Å²) in [5.41, 5.74) is 1.91.